The Bertz CT molecular complexity index is 1670. The molecule has 2 aromatic rings. The second-order valence-corrected chi connectivity index (χ2v) is 18.4. The Hall–Kier alpha value is -2.76. The van der Waals surface area contributed by atoms with E-state index in [-0.39, 0.29) is 62.4 Å². The van der Waals surface area contributed by atoms with E-state index < -0.39 is 45.3 Å². The van der Waals surface area contributed by atoms with Crippen molar-refractivity contribution in [3.63, 3.8) is 0 Å². The highest BCUT2D eigenvalue weighted by Gasteiger charge is 2.40. The molecule has 19 heteroatoms. The number of rotatable bonds is 17. The predicted molar refractivity (Wildman–Crippen MR) is 236 cm³/mol. The van der Waals surface area contributed by atoms with E-state index in [9.17, 15) is 14.7 Å². The topological polar surface area (TPSA) is 205 Å². The van der Waals surface area contributed by atoms with Crippen LogP contribution >= 0.6 is 32.0 Å². The van der Waals surface area contributed by atoms with Gasteiger partial charge in [-0.15, -0.1) is 23.5 Å². The summed E-state index contributed by atoms with van der Waals surface area (Å²) in [4.78, 5) is 25.6. The highest BCUT2D eigenvalue weighted by atomic mass is 32.2. The number of ether oxygens (including phenoxy) is 7. The van der Waals surface area contributed by atoms with Crippen LogP contribution in [0.4, 0.5) is 9.59 Å². The van der Waals surface area contributed by atoms with Gasteiger partial charge in [0.15, 0.2) is 0 Å². The van der Waals surface area contributed by atoms with Gasteiger partial charge in [-0.1, -0.05) is 24.3 Å². The number of nitriles is 1. The largest absolute Gasteiger partial charge is 0.513 e. The number of para-hydroxylation sites is 2. The first-order valence-corrected chi connectivity index (χ1v) is 24.3. The summed E-state index contributed by atoms with van der Waals surface area (Å²) < 4.78 is 52.0. The molecule has 0 saturated carbocycles. The molecule has 16 nitrogen and oxygen atoms in total. The molecule has 348 valence electrons. The van der Waals surface area contributed by atoms with Gasteiger partial charge in [-0.3, -0.25) is 0 Å². The van der Waals surface area contributed by atoms with Crippen LogP contribution in [0.25, 0.3) is 0 Å². The van der Waals surface area contributed by atoms with Crippen molar-refractivity contribution in [2.45, 2.75) is 151 Å². The van der Waals surface area contributed by atoms with Crippen LogP contribution in [0.15, 0.2) is 58.3 Å². The van der Waals surface area contributed by atoms with Gasteiger partial charge in [0.2, 0.25) is 0 Å². The van der Waals surface area contributed by atoms with Crippen molar-refractivity contribution in [2.75, 3.05) is 38.9 Å². The van der Waals surface area contributed by atoms with E-state index in [2.05, 4.69) is 38.4 Å². The van der Waals surface area contributed by atoms with Gasteiger partial charge in [-0.05, 0) is 85.2 Å². The van der Waals surface area contributed by atoms with Crippen LogP contribution in [0, 0.1) is 11.3 Å². The van der Waals surface area contributed by atoms with Crippen molar-refractivity contribution in [1.82, 2.24) is 4.67 Å². The van der Waals surface area contributed by atoms with Crippen LogP contribution in [0.2, 0.25) is 0 Å². The minimum absolute atomic E-state index is 0.00816. The van der Waals surface area contributed by atoms with Gasteiger partial charge in [-0.25, -0.2) is 14.3 Å². The van der Waals surface area contributed by atoms with Crippen LogP contribution in [-0.4, -0.2) is 138 Å². The maximum Gasteiger partial charge on any atom is 0.513 e. The molecule has 3 aliphatic heterocycles. The van der Waals surface area contributed by atoms with Crippen LogP contribution < -0.4 is 9.47 Å². The van der Waals surface area contributed by atoms with Gasteiger partial charge in [0.05, 0.1) is 72.1 Å². The summed E-state index contributed by atoms with van der Waals surface area (Å²) in [7, 11) is -1.42. The molecule has 3 fully saturated rings. The second-order valence-electron chi connectivity index (χ2n) is 15.3. The first-order chi connectivity index (χ1) is 29.6. The zero-order chi connectivity index (χ0) is 45.8. The summed E-state index contributed by atoms with van der Waals surface area (Å²) in [5, 5.41) is 36.2. The number of nitrogens with zero attached hydrogens (tertiary/aromatic N) is 2. The molecule has 62 heavy (non-hydrogen) atoms. The van der Waals surface area contributed by atoms with Gasteiger partial charge < -0.3 is 57.5 Å². The molecule has 0 spiro atoms. The average Bonchev–Trinajstić information content (AvgIpc) is 3.88. The first-order valence-electron chi connectivity index (χ1n) is 20.7. The highest BCUT2D eigenvalue weighted by molar-refractivity contribution is 7.99. The fourth-order valence-corrected chi connectivity index (χ4v) is 9.53. The lowest BCUT2D eigenvalue weighted by molar-refractivity contribution is -0.0293. The van der Waals surface area contributed by atoms with Crippen LogP contribution in [0.1, 0.15) is 74.1 Å². The summed E-state index contributed by atoms with van der Waals surface area (Å²) >= 11 is 2.97. The molecule has 3 N–H and O–H groups in total. The molecule has 3 aliphatic rings. The number of thioether (sulfide) groups is 2. The Morgan fingerprint density at radius 3 is 1.65 bits per heavy atom. The van der Waals surface area contributed by atoms with Crippen LogP contribution in [0.3, 0.4) is 0 Å². The Morgan fingerprint density at radius 2 is 1.23 bits per heavy atom. The lowest BCUT2D eigenvalue weighted by atomic mass is 10.1. The fourth-order valence-electron chi connectivity index (χ4n) is 6.72. The Morgan fingerprint density at radius 1 is 0.774 bits per heavy atom. The molecular formula is C43H65N2O14PS2. The molecule has 10 atom stereocenters. The molecule has 0 amide bonds. The summed E-state index contributed by atoms with van der Waals surface area (Å²) in [5.41, 5.74) is 0. The number of hydrogen-bond acceptors (Lipinski definition) is 18. The Labute approximate surface area is 376 Å². The van der Waals surface area contributed by atoms with E-state index in [0.29, 0.717) is 43.8 Å². The third kappa shape index (κ3) is 18.0. The summed E-state index contributed by atoms with van der Waals surface area (Å²) in [6, 6.07) is 17.0. The van der Waals surface area contributed by atoms with E-state index in [1.807, 2.05) is 57.5 Å². The fraction of sp³-hybridized carbons (Fsp3) is 0.651. The minimum Gasteiger partial charge on any atom is -0.431 e. The standard InChI is InChI=1S/C23H35N2O6PS.C14H18O5S.C6H12O3/c1-16(2)25(17(3)4)32(28-13-9-12-24)31-20-14-18(5)29-21(20)15-27-23(26)30-19-10-7-8-11-22(19)33-6;1-9-7-10(15)12(18-9)8-17-14(16)19-11-5-3-4-6-13(11)20-2;1-4-2-5(8)6(3-7)9-4/h7-8,10-11,16-18,20-21H,9,13-15H2,1-6H3;3-6,9-10,12,15H,7-8H2,1-2H3;4-8H,2-3H2,1H3/t18-,20?,21+,32?;9-,10?,12+;4-,5?,6+/m000/s1. The molecule has 3 heterocycles. The highest BCUT2D eigenvalue weighted by Crippen LogP contribution is 2.49. The monoisotopic (exact) mass is 928 g/mol. The van der Waals surface area contributed by atoms with Crippen molar-refractivity contribution in [3.8, 4) is 17.6 Å². The average molecular weight is 929 g/mol. The minimum atomic E-state index is -1.42. The molecule has 0 bridgehead atoms. The number of hydrogen-bond donors (Lipinski definition) is 3. The van der Waals surface area contributed by atoms with Crippen molar-refractivity contribution in [3.05, 3.63) is 48.5 Å². The number of benzene rings is 2. The van der Waals surface area contributed by atoms with Gasteiger partial charge >= 0.3 is 12.3 Å². The molecule has 0 radical (unpaired) electrons. The van der Waals surface area contributed by atoms with Crippen molar-refractivity contribution < 1.29 is 67.1 Å². The third-order valence-electron chi connectivity index (χ3n) is 9.53. The lowest BCUT2D eigenvalue weighted by Gasteiger charge is -2.37. The molecule has 2 aromatic carbocycles. The van der Waals surface area contributed by atoms with Crippen LogP contribution in [0.5, 0.6) is 11.5 Å². The summed E-state index contributed by atoms with van der Waals surface area (Å²) in [6.45, 7) is 14.3. The van der Waals surface area contributed by atoms with Gasteiger partial charge in [0.1, 0.15) is 43.0 Å². The number of carbonyl (C=O) groups excluding carboxylic acids is 2. The van der Waals surface area contributed by atoms with E-state index in [1.165, 1.54) is 23.5 Å². The quantitative estimate of drug-likeness (QED) is 0.0456. The second kappa shape index (κ2) is 28.2. The Kier molecular flexibility index (Phi) is 24.4. The van der Waals surface area contributed by atoms with Crippen molar-refractivity contribution >= 4 is 44.4 Å². The molecule has 0 aromatic heterocycles. The summed E-state index contributed by atoms with van der Waals surface area (Å²) in [5.74, 6) is 0.925. The van der Waals surface area contributed by atoms with Gasteiger partial charge in [0, 0.05) is 31.3 Å². The lowest BCUT2D eigenvalue weighted by Crippen LogP contribution is -2.37. The predicted octanol–water partition coefficient (Wildman–Crippen LogP) is 7.74. The molecule has 0 aliphatic carbocycles. The van der Waals surface area contributed by atoms with Gasteiger partial charge in [0.25, 0.3) is 8.53 Å². The molecule has 3 saturated heterocycles. The van der Waals surface area contributed by atoms with E-state index >= 15 is 0 Å². The van der Waals surface area contributed by atoms with E-state index in [0.717, 1.165) is 9.79 Å². The molecule has 5 rings (SSSR count). The first kappa shape index (κ1) is 53.6. The molecular weight excluding hydrogens is 864 g/mol. The van der Waals surface area contributed by atoms with Crippen molar-refractivity contribution in [2.24, 2.45) is 0 Å². The van der Waals surface area contributed by atoms with Crippen molar-refractivity contribution in [1.29, 1.82) is 5.26 Å². The smallest absolute Gasteiger partial charge is 0.431 e. The number of aliphatic hydroxyl groups excluding tert-OH is 3. The van der Waals surface area contributed by atoms with E-state index in [4.69, 9.17) is 57.7 Å². The zero-order valence-electron chi connectivity index (χ0n) is 37.1. The summed E-state index contributed by atoms with van der Waals surface area (Å²) in [6.07, 6.45) is 1.78. The zero-order valence-corrected chi connectivity index (χ0v) is 39.6. The Balaban J connectivity index is 0.000000295. The van der Waals surface area contributed by atoms with Gasteiger partial charge in [-0.2, -0.15) is 5.26 Å². The van der Waals surface area contributed by atoms with E-state index in [1.54, 1.807) is 24.3 Å². The maximum absolute atomic E-state index is 12.3. The molecule has 4 unspecified atom stereocenters. The third-order valence-corrected chi connectivity index (χ3v) is 13.2. The maximum atomic E-state index is 12.3. The number of carbonyl (C=O) groups is 2. The normalized spacial score (nSPS) is 25.9. The number of aliphatic hydroxyl groups is 3. The SMILES string of the molecule is CSc1ccccc1OC(=O)OC[C@H]1O[C@@H](C)CC1O.CSc1ccccc1OC(=O)OC[C@H]1O[C@@H](C)CC1OP(OCCC#N)N(C(C)C)C(C)C.C[C@H]1CC(O)[C@@H](CO)O1. The van der Waals surface area contributed by atoms with Crippen LogP contribution in [-0.2, 0) is 32.7 Å².